The Hall–Kier alpha value is -1.56. The maximum Gasteiger partial charge on any atom is 0.323 e. The minimum absolute atomic E-state index is 0.297. The van der Waals surface area contributed by atoms with E-state index in [2.05, 4.69) is 21.2 Å². The number of rotatable bonds is 5. The molecule has 0 aliphatic rings. The lowest BCUT2D eigenvalue weighted by molar-refractivity contribution is -0.137. The normalized spacial score (nSPS) is 10.2. The van der Waals surface area contributed by atoms with E-state index in [0.717, 1.165) is 15.6 Å². The van der Waals surface area contributed by atoms with Gasteiger partial charge in [-0.2, -0.15) is 0 Å². The fraction of sp³-hybridized carbons (Fsp3) is 0.429. The minimum Gasteiger partial charge on any atom is -0.480 e. The van der Waals surface area contributed by atoms with E-state index in [1.54, 1.807) is 0 Å². The largest absolute Gasteiger partial charge is 0.480 e. The molecule has 2 amide bonds. The van der Waals surface area contributed by atoms with Crippen LogP contribution in [-0.2, 0) is 4.79 Å². The molecule has 0 unspecified atom stereocenters. The molecule has 2 N–H and O–H groups in total. The molecule has 1 aromatic rings. The number of hydrogen-bond acceptors (Lipinski definition) is 2. The van der Waals surface area contributed by atoms with Gasteiger partial charge >= 0.3 is 12.0 Å². The number of aliphatic carboxylic acids is 1. The topological polar surface area (TPSA) is 69.6 Å². The number of nitrogens with zero attached hydrogens (tertiary/aromatic N) is 1. The second kappa shape index (κ2) is 7.28. The van der Waals surface area contributed by atoms with Crippen LogP contribution < -0.4 is 5.32 Å². The van der Waals surface area contributed by atoms with Gasteiger partial charge in [-0.3, -0.25) is 4.79 Å². The quantitative estimate of drug-likeness (QED) is 0.861. The first-order valence-electron chi connectivity index (χ1n) is 6.39. The molecule has 0 aliphatic carbocycles. The Kier molecular flexibility index (Phi) is 6.01. The van der Waals surface area contributed by atoms with Crippen molar-refractivity contribution in [2.75, 3.05) is 18.4 Å². The Bertz CT molecular complexity index is 494. The lowest BCUT2D eigenvalue weighted by Crippen LogP contribution is -2.39. The Morgan fingerprint density at radius 1 is 1.30 bits per heavy atom. The van der Waals surface area contributed by atoms with Gasteiger partial charge in [0, 0.05) is 16.7 Å². The van der Waals surface area contributed by atoms with Gasteiger partial charge in [-0.15, -0.1) is 0 Å². The first kappa shape index (κ1) is 16.5. The summed E-state index contributed by atoms with van der Waals surface area (Å²) in [6.07, 6.45) is 0.707. The molecule has 0 fully saturated rings. The fourth-order valence-corrected chi connectivity index (χ4v) is 2.14. The number of carbonyl (C=O) groups excluding carboxylic acids is 1. The summed E-state index contributed by atoms with van der Waals surface area (Å²) in [7, 11) is 0. The summed E-state index contributed by atoms with van der Waals surface area (Å²) in [5, 5.41) is 11.6. The van der Waals surface area contributed by atoms with Crippen molar-refractivity contribution in [3.63, 3.8) is 0 Å². The zero-order valence-electron chi connectivity index (χ0n) is 11.9. The smallest absolute Gasteiger partial charge is 0.323 e. The summed E-state index contributed by atoms with van der Waals surface area (Å²) in [6, 6.07) is 3.30. The van der Waals surface area contributed by atoms with Gasteiger partial charge in [-0.05, 0) is 43.5 Å². The van der Waals surface area contributed by atoms with Crippen LogP contribution in [0.25, 0.3) is 0 Å². The Morgan fingerprint density at radius 3 is 2.30 bits per heavy atom. The van der Waals surface area contributed by atoms with Gasteiger partial charge in [0.2, 0.25) is 0 Å². The van der Waals surface area contributed by atoms with Gasteiger partial charge in [0.1, 0.15) is 6.54 Å². The van der Waals surface area contributed by atoms with Crippen LogP contribution in [0.5, 0.6) is 0 Å². The number of carboxylic acid groups (broad SMARTS) is 1. The van der Waals surface area contributed by atoms with E-state index < -0.39 is 12.0 Å². The third-order valence-corrected chi connectivity index (χ3v) is 4.05. The van der Waals surface area contributed by atoms with Crippen molar-refractivity contribution in [2.24, 2.45) is 0 Å². The summed E-state index contributed by atoms with van der Waals surface area (Å²) in [4.78, 5) is 24.1. The molecule has 5 nitrogen and oxygen atoms in total. The number of amides is 2. The second-order valence-corrected chi connectivity index (χ2v) is 5.46. The maximum absolute atomic E-state index is 12.1. The first-order chi connectivity index (χ1) is 9.35. The molecule has 110 valence electrons. The monoisotopic (exact) mass is 342 g/mol. The van der Waals surface area contributed by atoms with E-state index in [1.807, 2.05) is 32.9 Å². The third-order valence-electron chi connectivity index (χ3n) is 2.79. The highest BCUT2D eigenvalue weighted by Crippen LogP contribution is 2.25. The van der Waals surface area contributed by atoms with Crippen LogP contribution in [0.15, 0.2) is 16.6 Å². The summed E-state index contributed by atoms with van der Waals surface area (Å²) in [5.74, 6) is -1.02. The predicted molar refractivity (Wildman–Crippen MR) is 82.1 cm³/mol. The van der Waals surface area contributed by atoms with Gasteiger partial charge in [0.05, 0.1) is 0 Å². The average molecular weight is 343 g/mol. The van der Waals surface area contributed by atoms with Crippen LogP contribution in [-0.4, -0.2) is 35.1 Å². The van der Waals surface area contributed by atoms with Crippen molar-refractivity contribution in [1.29, 1.82) is 0 Å². The zero-order chi connectivity index (χ0) is 15.3. The highest BCUT2D eigenvalue weighted by molar-refractivity contribution is 9.10. The number of anilines is 1. The standard InChI is InChI=1S/C14H19BrN2O3/c1-4-5-17(8-12(18)19)14(20)16-11-6-9(2)13(15)10(3)7-11/h6-7H,4-5,8H2,1-3H3,(H,16,20)(H,18,19). The molecule has 1 aromatic carbocycles. The van der Waals surface area contributed by atoms with Gasteiger partial charge in [0.25, 0.3) is 0 Å². The number of nitrogens with one attached hydrogen (secondary N) is 1. The number of urea groups is 1. The van der Waals surface area contributed by atoms with Crippen molar-refractivity contribution < 1.29 is 14.7 Å². The van der Waals surface area contributed by atoms with Gasteiger partial charge in [-0.25, -0.2) is 4.79 Å². The van der Waals surface area contributed by atoms with Crippen LogP contribution in [0.4, 0.5) is 10.5 Å². The van der Waals surface area contributed by atoms with Crippen LogP contribution in [0.3, 0.4) is 0 Å². The third kappa shape index (κ3) is 4.52. The van der Waals surface area contributed by atoms with Crippen molar-refractivity contribution >= 4 is 33.6 Å². The SMILES string of the molecule is CCCN(CC(=O)O)C(=O)Nc1cc(C)c(Br)c(C)c1. The molecule has 0 radical (unpaired) electrons. The van der Waals surface area contributed by atoms with E-state index in [-0.39, 0.29) is 6.54 Å². The molecule has 0 aliphatic heterocycles. The van der Waals surface area contributed by atoms with E-state index in [9.17, 15) is 9.59 Å². The Labute approximate surface area is 127 Å². The van der Waals surface area contributed by atoms with E-state index >= 15 is 0 Å². The average Bonchev–Trinajstić information content (AvgIpc) is 2.34. The van der Waals surface area contributed by atoms with Crippen LogP contribution in [0.2, 0.25) is 0 Å². The van der Waals surface area contributed by atoms with E-state index in [0.29, 0.717) is 18.7 Å². The molecule has 0 saturated heterocycles. The predicted octanol–water partition coefficient (Wildman–Crippen LogP) is 3.39. The molecule has 0 saturated carbocycles. The van der Waals surface area contributed by atoms with Crippen LogP contribution >= 0.6 is 15.9 Å². The Morgan fingerprint density at radius 2 is 1.85 bits per heavy atom. The van der Waals surface area contributed by atoms with Crippen LogP contribution in [0, 0.1) is 13.8 Å². The fourth-order valence-electron chi connectivity index (χ4n) is 1.91. The van der Waals surface area contributed by atoms with Gasteiger partial charge < -0.3 is 15.3 Å². The molecule has 1 rings (SSSR count). The summed E-state index contributed by atoms with van der Waals surface area (Å²) in [6.45, 7) is 5.89. The number of halogens is 1. The number of hydrogen-bond donors (Lipinski definition) is 2. The second-order valence-electron chi connectivity index (χ2n) is 4.67. The molecule has 20 heavy (non-hydrogen) atoms. The van der Waals surface area contributed by atoms with Crippen molar-refractivity contribution in [3.05, 3.63) is 27.7 Å². The molecular formula is C14H19BrN2O3. The molecule has 0 spiro atoms. The molecule has 0 bridgehead atoms. The summed E-state index contributed by atoms with van der Waals surface area (Å²) < 4.78 is 1.01. The molecule has 0 atom stereocenters. The van der Waals surface area contributed by atoms with E-state index in [1.165, 1.54) is 4.90 Å². The highest BCUT2D eigenvalue weighted by Gasteiger charge is 2.16. The summed E-state index contributed by atoms with van der Waals surface area (Å²) in [5.41, 5.74) is 2.70. The van der Waals surface area contributed by atoms with Crippen molar-refractivity contribution in [2.45, 2.75) is 27.2 Å². The van der Waals surface area contributed by atoms with E-state index in [4.69, 9.17) is 5.11 Å². The Balaban J connectivity index is 2.84. The molecule has 6 heteroatoms. The number of carbonyl (C=O) groups is 2. The highest BCUT2D eigenvalue weighted by atomic mass is 79.9. The molecule has 0 heterocycles. The lowest BCUT2D eigenvalue weighted by Gasteiger charge is -2.21. The zero-order valence-corrected chi connectivity index (χ0v) is 13.5. The first-order valence-corrected chi connectivity index (χ1v) is 7.19. The maximum atomic E-state index is 12.1. The number of benzene rings is 1. The minimum atomic E-state index is -1.02. The van der Waals surface area contributed by atoms with Crippen molar-refractivity contribution in [1.82, 2.24) is 4.90 Å². The molecular weight excluding hydrogens is 324 g/mol. The molecule has 0 aromatic heterocycles. The van der Waals surface area contributed by atoms with Gasteiger partial charge in [-0.1, -0.05) is 22.9 Å². The van der Waals surface area contributed by atoms with Gasteiger partial charge in [0.15, 0.2) is 0 Å². The number of aryl methyl sites for hydroxylation is 2. The van der Waals surface area contributed by atoms with Crippen LogP contribution in [0.1, 0.15) is 24.5 Å². The van der Waals surface area contributed by atoms with Crippen molar-refractivity contribution in [3.8, 4) is 0 Å². The number of carboxylic acids is 1. The lowest BCUT2D eigenvalue weighted by atomic mass is 10.1. The summed E-state index contributed by atoms with van der Waals surface area (Å²) >= 11 is 3.47.